The zero-order chi connectivity index (χ0) is 24.2. The number of halogens is 3. The van der Waals surface area contributed by atoms with Crippen LogP contribution in [0.2, 0.25) is 0 Å². The first-order valence-electron chi connectivity index (χ1n) is 10.6. The van der Waals surface area contributed by atoms with E-state index in [2.05, 4.69) is 15.0 Å². The molecule has 0 unspecified atom stereocenters. The minimum atomic E-state index is -1.31. The molecule has 0 fully saturated rings. The third-order valence-electron chi connectivity index (χ3n) is 5.98. The summed E-state index contributed by atoms with van der Waals surface area (Å²) in [6.07, 6.45) is 3.77. The number of hydrogen-bond donors (Lipinski definition) is 1. The number of benzene rings is 1. The number of aliphatic imine (C=N–C) groups is 1. The molecule has 0 amide bonds. The van der Waals surface area contributed by atoms with Crippen molar-refractivity contribution in [2.24, 2.45) is 10.7 Å². The average molecular weight is 475 g/mol. The van der Waals surface area contributed by atoms with Crippen LogP contribution < -0.4 is 10.5 Å². The summed E-state index contributed by atoms with van der Waals surface area (Å²) in [7, 11) is 0. The Morgan fingerprint density at radius 3 is 2.63 bits per heavy atom. The van der Waals surface area contributed by atoms with Crippen molar-refractivity contribution in [1.29, 1.82) is 0 Å². The van der Waals surface area contributed by atoms with Gasteiger partial charge in [0.1, 0.15) is 29.5 Å². The molecule has 0 bridgehead atoms. The summed E-state index contributed by atoms with van der Waals surface area (Å²) < 4.78 is 55.3. The van der Waals surface area contributed by atoms with Gasteiger partial charge in [0.2, 0.25) is 5.95 Å². The van der Waals surface area contributed by atoms with Crippen LogP contribution in [0, 0.1) is 17.7 Å². The van der Waals surface area contributed by atoms with Crippen LogP contribution in [0.5, 0.6) is 11.5 Å². The molecule has 0 aliphatic carbocycles. The molecule has 2 aliphatic heterocycles. The summed E-state index contributed by atoms with van der Waals surface area (Å²) in [5.74, 6) is -1.79. The summed E-state index contributed by atoms with van der Waals surface area (Å²) in [5.41, 5.74) is 6.77. The van der Waals surface area contributed by atoms with E-state index < -0.39 is 23.3 Å². The van der Waals surface area contributed by atoms with Crippen LogP contribution >= 0.6 is 0 Å². The van der Waals surface area contributed by atoms with Crippen LogP contribution in [0.3, 0.4) is 0 Å². The second-order valence-corrected chi connectivity index (χ2v) is 8.18. The van der Waals surface area contributed by atoms with Crippen LogP contribution in [-0.2, 0) is 10.3 Å². The first-order chi connectivity index (χ1) is 16.9. The normalized spacial score (nSPS) is 18.4. The maximum Gasteiger partial charge on any atom is 0.256 e. The lowest BCUT2D eigenvalue weighted by atomic mass is 9.79. The van der Waals surface area contributed by atoms with Gasteiger partial charge in [-0.2, -0.15) is 8.78 Å². The Morgan fingerprint density at radius 2 is 1.83 bits per heavy atom. The van der Waals surface area contributed by atoms with E-state index in [1.54, 1.807) is 36.4 Å². The van der Waals surface area contributed by atoms with Gasteiger partial charge in [-0.25, -0.2) is 14.4 Å². The number of ether oxygens (including phenoxy) is 2. The van der Waals surface area contributed by atoms with Crippen molar-refractivity contribution in [3.63, 3.8) is 0 Å². The van der Waals surface area contributed by atoms with E-state index in [0.29, 0.717) is 22.4 Å². The second kappa shape index (κ2) is 7.88. The molecule has 1 spiro atoms. The Morgan fingerprint density at radius 1 is 0.943 bits per heavy atom. The lowest BCUT2D eigenvalue weighted by Crippen LogP contribution is -2.42. The van der Waals surface area contributed by atoms with Crippen LogP contribution in [0.15, 0.2) is 66.0 Å². The number of fused-ring (bicyclic) bond motifs is 4. The minimum absolute atomic E-state index is 0.0142. The lowest BCUT2D eigenvalue weighted by molar-refractivity contribution is 0.109. The molecule has 3 aromatic heterocycles. The summed E-state index contributed by atoms with van der Waals surface area (Å²) in [6.45, 7) is 0.110. The number of rotatable bonds is 2. The van der Waals surface area contributed by atoms with E-state index in [-0.39, 0.29) is 41.6 Å². The van der Waals surface area contributed by atoms with Crippen molar-refractivity contribution in [1.82, 2.24) is 15.0 Å². The highest BCUT2D eigenvalue weighted by Gasteiger charge is 2.46. The van der Waals surface area contributed by atoms with Gasteiger partial charge in [0.05, 0.1) is 18.5 Å². The monoisotopic (exact) mass is 475 g/mol. The molecule has 7 nitrogen and oxygen atoms in total. The highest BCUT2D eigenvalue weighted by Crippen LogP contribution is 2.52. The number of amidine groups is 1. The molecule has 2 aliphatic rings. The largest absolute Gasteiger partial charge is 0.452 e. The quantitative estimate of drug-likeness (QED) is 0.433. The second-order valence-electron chi connectivity index (χ2n) is 8.18. The first-order valence-corrected chi connectivity index (χ1v) is 10.6. The summed E-state index contributed by atoms with van der Waals surface area (Å²) in [4.78, 5) is 16.2. The molecule has 174 valence electrons. The van der Waals surface area contributed by atoms with E-state index >= 15 is 4.39 Å². The Balaban J connectivity index is 1.61. The maximum atomic E-state index is 15.3. The highest BCUT2D eigenvalue weighted by atomic mass is 19.1. The first kappa shape index (κ1) is 21.2. The van der Waals surface area contributed by atoms with Crippen LogP contribution in [-0.4, -0.2) is 34.0 Å². The fourth-order valence-electron chi connectivity index (χ4n) is 4.46. The molecular formula is C25H16F3N5O2. The Kier molecular flexibility index (Phi) is 4.78. The molecule has 1 atom stereocenters. The minimum Gasteiger partial charge on any atom is -0.452 e. The molecule has 35 heavy (non-hydrogen) atoms. The van der Waals surface area contributed by atoms with Gasteiger partial charge in [0, 0.05) is 34.6 Å². The van der Waals surface area contributed by atoms with Crippen molar-refractivity contribution < 1.29 is 22.6 Å². The molecule has 6 rings (SSSR count). The highest BCUT2D eigenvalue weighted by molar-refractivity contribution is 5.84. The van der Waals surface area contributed by atoms with Gasteiger partial charge in [0.15, 0.2) is 5.75 Å². The lowest BCUT2D eigenvalue weighted by Gasteiger charge is -2.39. The third kappa shape index (κ3) is 3.41. The summed E-state index contributed by atoms with van der Waals surface area (Å²) in [5, 5.41) is 0. The number of nitrogens with zero attached hydrogens (tertiary/aromatic N) is 4. The predicted octanol–water partition coefficient (Wildman–Crippen LogP) is 4.36. The molecule has 0 saturated heterocycles. The van der Waals surface area contributed by atoms with E-state index in [1.165, 1.54) is 18.5 Å². The fourth-order valence-corrected chi connectivity index (χ4v) is 4.46. The van der Waals surface area contributed by atoms with E-state index in [9.17, 15) is 8.78 Å². The van der Waals surface area contributed by atoms with Crippen molar-refractivity contribution in [3.8, 4) is 33.9 Å². The van der Waals surface area contributed by atoms with Gasteiger partial charge < -0.3 is 15.2 Å². The Bertz CT molecular complexity index is 1530. The van der Waals surface area contributed by atoms with Gasteiger partial charge in [-0.05, 0) is 42.0 Å². The molecule has 4 aromatic rings. The van der Waals surface area contributed by atoms with Crippen molar-refractivity contribution in [2.45, 2.75) is 5.54 Å². The molecule has 10 heteroatoms. The SMILES string of the molecule is NC1=N[C@@]2(COC1)c1cc(-c3cccnc3F)ccc1Oc1c2cc(-c2cncc(F)c2)nc1F. The van der Waals surface area contributed by atoms with E-state index in [0.717, 1.165) is 6.20 Å². The average Bonchev–Trinajstić information content (AvgIpc) is 2.85. The maximum absolute atomic E-state index is 15.3. The van der Waals surface area contributed by atoms with E-state index in [1.807, 2.05) is 0 Å². The summed E-state index contributed by atoms with van der Waals surface area (Å²) >= 11 is 0. The number of aromatic nitrogens is 3. The van der Waals surface area contributed by atoms with Crippen LogP contribution in [0.25, 0.3) is 22.4 Å². The molecule has 0 saturated carbocycles. The van der Waals surface area contributed by atoms with Gasteiger partial charge in [-0.15, -0.1) is 0 Å². The van der Waals surface area contributed by atoms with Gasteiger partial charge >= 0.3 is 0 Å². The molecule has 0 radical (unpaired) electrons. The number of pyridine rings is 3. The third-order valence-corrected chi connectivity index (χ3v) is 5.98. The van der Waals surface area contributed by atoms with Crippen LogP contribution in [0.1, 0.15) is 11.1 Å². The smallest absolute Gasteiger partial charge is 0.256 e. The zero-order valence-electron chi connectivity index (χ0n) is 18.0. The molecular weight excluding hydrogens is 459 g/mol. The molecule has 5 heterocycles. The molecule has 1 aromatic carbocycles. The number of nitrogens with two attached hydrogens (primary N) is 1. The van der Waals surface area contributed by atoms with Gasteiger partial charge in [0.25, 0.3) is 5.95 Å². The zero-order valence-corrected chi connectivity index (χ0v) is 18.0. The molecule has 2 N–H and O–H groups in total. The van der Waals surface area contributed by atoms with Crippen molar-refractivity contribution >= 4 is 5.84 Å². The van der Waals surface area contributed by atoms with Crippen molar-refractivity contribution in [2.75, 3.05) is 13.2 Å². The Hall–Kier alpha value is -4.31. The standard InChI is InChI=1S/C25H16F3N5O2/c26-15-6-14(9-30-10-15)19-8-18-22(24(28)32-19)35-20-4-3-13(16-2-1-5-31-23(16)27)7-17(20)25(18)12-34-11-21(29)33-25/h1-10H,11-12H2,(H2,29,33)/t25-/m0/s1. The summed E-state index contributed by atoms with van der Waals surface area (Å²) in [6, 6.07) is 10.9. The topological polar surface area (TPSA) is 95.5 Å². The Labute approximate surface area is 197 Å². The fraction of sp³-hybridized carbons (Fsp3) is 0.120. The van der Waals surface area contributed by atoms with Gasteiger partial charge in [-0.3, -0.25) is 9.98 Å². The van der Waals surface area contributed by atoms with Crippen LogP contribution in [0.4, 0.5) is 13.2 Å². The van der Waals surface area contributed by atoms with Gasteiger partial charge in [-0.1, -0.05) is 6.07 Å². The number of hydrogen-bond acceptors (Lipinski definition) is 7. The van der Waals surface area contributed by atoms with Crippen molar-refractivity contribution in [3.05, 3.63) is 89.9 Å². The van der Waals surface area contributed by atoms with E-state index in [4.69, 9.17) is 20.2 Å². The predicted molar refractivity (Wildman–Crippen MR) is 120 cm³/mol.